The molecule has 11 heavy (non-hydrogen) atoms. The Morgan fingerprint density at radius 2 is 2.09 bits per heavy atom. The summed E-state index contributed by atoms with van der Waals surface area (Å²) in [7, 11) is 0. The van der Waals surface area contributed by atoms with E-state index in [1.165, 1.54) is 12.1 Å². The number of nitrogens with two attached hydrogens (primary N) is 1. The Bertz CT molecular complexity index is 262. The standard InChI is InChI=1S/C7H7NO2.Cs/c8-6-3-1-2-5(4-6)7(9)10;/h1-4H,8H2,(H,9,10);/q;+1/p-1. The Kier molecular flexibility index (Phi) is 5.49. The van der Waals surface area contributed by atoms with Crippen LogP contribution in [0, 0.1) is 0 Å². The van der Waals surface area contributed by atoms with Crippen molar-refractivity contribution < 1.29 is 78.8 Å². The summed E-state index contributed by atoms with van der Waals surface area (Å²) in [6, 6.07) is 5.98. The molecule has 3 nitrogen and oxygen atoms in total. The van der Waals surface area contributed by atoms with E-state index in [1.54, 1.807) is 12.1 Å². The summed E-state index contributed by atoms with van der Waals surface area (Å²) in [5, 5.41) is 10.2. The van der Waals surface area contributed by atoms with Gasteiger partial charge in [-0.1, -0.05) is 12.1 Å². The van der Waals surface area contributed by atoms with Gasteiger partial charge in [0.2, 0.25) is 0 Å². The second-order valence-corrected chi connectivity index (χ2v) is 1.91. The van der Waals surface area contributed by atoms with Crippen LogP contribution in [0.4, 0.5) is 5.69 Å². The SMILES string of the molecule is Nc1cccc(C(=O)[O-])c1.[Cs+]. The van der Waals surface area contributed by atoms with Gasteiger partial charge >= 0.3 is 68.9 Å². The number of carboxylic acid groups (broad SMARTS) is 1. The monoisotopic (exact) mass is 269 g/mol. The summed E-state index contributed by atoms with van der Waals surface area (Å²) in [6.45, 7) is 0. The summed E-state index contributed by atoms with van der Waals surface area (Å²) in [5.41, 5.74) is 5.85. The van der Waals surface area contributed by atoms with Crippen LogP contribution in [0.3, 0.4) is 0 Å². The van der Waals surface area contributed by atoms with E-state index in [4.69, 9.17) is 5.73 Å². The smallest absolute Gasteiger partial charge is 0.545 e. The van der Waals surface area contributed by atoms with Crippen LogP contribution in [-0.2, 0) is 0 Å². The first kappa shape index (κ1) is 11.5. The van der Waals surface area contributed by atoms with Crippen molar-refractivity contribution in [3.63, 3.8) is 0 Å². The number of carbonyl (C=O) groups excluding carboxylic acids is 1. The number of rotatable bonds is 1. The third kappa shape index (κ3) is 3.64. The third-order valence-electron chi connectivity index (χ3n) is 1.12. The van der Waals surface area contributed by atoms with Crippen molar-refractivity contribution in [1.82, 2.24) is 0 Å². The predicted octanol–water partition coefficient (Wildman–Crippen LogP) is -3.36. The molecule has 2 N–H and O–H groups in total. The second-order valence-electron chi connectivity index (χ2n) is 1.91. The van der Waals surface area contributed by atoms with E-state index in [0.29, 0.717) is 5.69 Å². The van der Waals surface area contributed by atoms with E-state index < -0.39 is 5.97 Å². The van der Waals surface area contributed by atoms with E-state index in [2.05, 4.69) is 0 Å². The van der Waals surface area contributed by atoms with Crippen LogP contribution in [0.25, 0.3) is 0 Å². The van der Waals surface area contributed by atoms with Crippen molar-refractivity contribution in [3.05, 3.63) is 29.8 Å². The summed E-state index contributed by atoms with van der Waals surface area (Å²) < 4.78 is 0. The van der Waals surface area contributed by atoms with Gasteiger partial charge in [0.25, 0.3) is 0 Å². The Morgan fingerprint density at radius 3 is 2.45 bits per heavy atom. The van der Waals surface area contributed by atoms with Crippen molar-refractivity contribution in [1.29, 1.82) is 0 Å². The zero-order chi connectivity index (χ0) is 7.56. The molecule has 0 unspecified atom stereocenters. The topological polar surface area (TPSA) is 66.2 Å². The van der Waals surface area contributed by atoms with Crippen molar-refractivity contribution in [2.75, 3.05) is 5.73 Å². The van der Waals surface area contributed by atoms with E-state index in [-0.39, 0.29) is 74.5 Å². The average molecular weight is 269 g/mol. The molecule has 0 aliphatic carbocycles. The molecule has 0 aromatic heterocycles. The summed E-state index contributed by atoms with van der Waals surface area (Å²) in [4.78, 5) is 10.2. The number of nitrogen functional groups attached to an aromatic ring is 1. The fourth-order valence-corrected chi connectivity index (χ4v) is 0.666. The maximum absolute atomic E-state index is 10.2. The average Bonchev–Trinajstić information content (AvgIpc) is 1.88. The molecular weight excluding hydrogens is 263 g/mol. The van der Waals surface area contributed by atoms with Crippen LogP contribution >= 0.6 is 0 Å². The van der Waals surface area contributed by atoms with Crippen LogP contribution in [-0.4, -0.2) is 5.97 Å². The van der Waals surface area contributed by atoms with Crippen LogP contribution in [0.1, 0.15) is 10.4 Å². The molecule has 0 atom stereocenters. The van der Waals surface area contributed by atoms with Gasteiger partial charge in [-0.15, -0.1) is 0 Å². The van der Waals surface area contributed by atoms with Gasteiger partial charge < -0.3 is 15.6 Å². The molecule has 1 aromatic rings. The summed E-state index contributed by atoms with van der Waals surface area (Å²) in [6.07, 6.45) is 0. The first-order valence-electron chi connectivity index (χ1n) is 2.77. The van der Waals surface area contributed by atoms with E-state index in [9.17, 15) is 9.90 Å². The molecule has 0 saturated carbocycles. The molecule has 0 heterocycles. The molecule has 0 aliphatic rings. The van der Waals surface area contributed by atoms with Gasteiger partial charge in [0.15, 0.2) is 0 Å². The summed E-state index contributed by atoms with van der Waals surface area (Å²) in [5.74, 6) is -1.20. The maximum Gasteiger partial charge on any atom is 1.00 e. The second kappa shape index (κ2) is 5.23. The number of hydrogen-bond donors (Lipinski definition) is 1. The third-order valence-corrected chi connectivity index (χ3v) is 1.12. The molecule has 0 aliphatic heterocycles. The van der Waals surface area contributed by atoms with Gasteiger partial charge in [0.05, 0.1) is 5.97 Å². The van der Waals surface area contributed by atoms with E-state index >= 15 is 0 Å². The minimum absolute atomic E-state index is 0. The zero-order valence-electron chi connectivity index (χ0n) is 6.20. The van der Waals surface area contributed by atoms with Crippen LogP contribution in [0.5, 0.6) is 0 Å². The van der Waals surface area contributed by atoms with Gasteiger partial charge in [-0.05, 0) is 17.7 Å². The molecule has 0 radical (unpaired) electrons. The van der Waals surface area contributed by atoms with E-state index in [0.717, 1.165) is 0 Å². The molecular formula is C7H6CsNO2. The Hall–Kier alpha value is 0.542. The molecule has 4 heteroatoms. The van der Waals surface area contributed by atoms with Crippen LogP contribution in [0.15, 0.2) is 24.3 Å². The normalized spacial score (nSPS) is 8.36. The number of aromatic carboxylic acids is 1. The van der Waals surface area contributed by atoms with E-state index in [1.807, 2.05) is 0 Å². The molecule has 0 spiro atoms. The molecule has 52 valence electrons. The number of anilines is 1. The molecule has 0 fully saturated rings. The van der Waals surface area contributed by atoms with Gasteiger partial charge in [0, 0.05) is 5.69 Å². The van der Waals surface area contributed by atoms with Crippen molar-refractivity contribution >= 4 is 11.7 Å². The van der Waals surface area contributed by atoms with Crippen molar-refractivity contribution in [2.24, 2.45) is 0 Å². The summed E-state index contributed by atoms with van der Waals surface area (Å²) >= 11 is 0. The number of benzene rings is 1. The van der Waals surface area contributed by atoms with Crippen LogP contribution in [0.2, 0.25) is 0 Å². The molecule has 1 rings (SSSR count). The van der Waals surface area contributed by atoms with Crippen LogP contribution < -0.4 is 79.7 Å². The first-order valence-corrected chi connectivity index (χ1v) is 2.77. The fraction of sp³-hybridized carbons (Fsp3) is 0. The number of carboxylic acids is 1. The Balaban J connectivity index is 0.000001000. The first-order chi connectivity index (χ1) is 4.70. The van der Waals surface area contributed by atoms with Gasteiger partial charge in [0.1, 0.15) is 0 Å². The molecule has 1 aromatic carbocycles. The number of carbonyl (C=O) groups is 1. The molecule has 0 bridgehead atoms. The molecule has 0 amide bonds. The largest absolute Gasteiger partial charge is 1.00 e. The van der Waals surface area contributed by atoms with Gasteiger partial charge in [-0.3, -0.25) is 0 Å². The quantitative estimate of drug-likeness (QED) is 0.541. The molecule has 0 saturated heterocycles. The minimum atomic E-state index is -1.20. The zero-order valence-corrected chi connectivity index (χ0v) is 12.5. The predicted molar refractivity (Wildman–Crippen MR) is 35.2 cm³/mol. The van der Waals surface area contributed by atoms with Gasteiger partial charge in [-0.2, -0.15) is 0 Å². The maximum atomic E-state index is 10.2. The van der Waals surface area contributed by atoms with Crippen molar-refractivity contribution in [2.45, 2.75) is 0 Å². The van der Waals surface area contributed by atoms with Gasteiger partial charge in [-0.25, -0.2) is 0 Å². The Morgan fingerprint density at radius 1 is 1.45 bits per heavy atom. The fourth-order valence-electron chi connectivity index (χ4n) is 0.666. The number of hydrogen-bond acceptors (Lipinski definition) is 3. The van der Waals surface area contributed by atoms with Crippen molar-refractivity contribution in [3.8, 4) is 0 Å². The minimum Gasteiger partial charge on any atom is -0.545 e. The Labute approximate surface area is 123 Å².